The van der Waals surface area contributed by atoms with Crippen molar-refractivity contribution < 1.29 is 23.4 Å². The molecule has 7 heteroatoms. The highest BCUT2D eigenvalue weighted by Gasteiger charge is 2.29. The number of hydrogen-bond acceptors (Lipinski definition) is 4. The fourth-order valence-electron chi connectivity index (χ4n) is 3.75. The number of halogens is 2. The molecule has 1 heterocycles. The molecule has 1 saturated carbocycles. The van der Waals surface area contributed by atoms with Crippen molar-refractivity contribution in [3.8, 4) is 5.75 Å². The van der Waals surface area contributed by atoms with Crippen molar-refractivity contribution in [2.45, 2.75) is 44.4 Å². The number of amides is 1. The third kappa shape index (κ3) is 4.10. The van der Waals surface area contributed by atoms with E-state index in [-0.39, 0.29) is 23.9 Å². The zero-order chi connectivity index (χ0) is 20.4. The molecule has 4 rings (SSSR count). The van der Waals surface area contributed by atoms with Crippen LogP contribution in [0.15, 0.2) is 54.4 Å². The molecule has 1 amide bonds. The molecule has 1 aliphatic heterocycles. The smallest absolute Gasteiger partial charge is 0.288 e. The summed E-state index contributed by atoms with van der Waals surface area (Å²) in [5, 5.41) is 12.9. The molecule has 0 spiro atoms. The Kier molecular flexibility index (Phi) is 5.49. The van der Waals surface area contributed by atoms with Crippen molar-refractivity contribution in [2.75, 3.05) is 4.90 Å². The first-order valence-corrected chi connectivity index (χ1v) is 9.70. The summed E-state index contributed by atoms with van der Waals surface area (Å²) in [5.41, 5.74) is 0.811. The van der Waals surface area contributed by atoms with Crippen LogP contribution in [0.2, 0.25) is 0 Å². The van der Waals surface area contributed by atoms with Gasteiger partial charge in [-0.3, -0.25) is 4.79 Å². The molecule has 2 aromatic carbocycles. The van der Waals surface area contributed by atoms with Crippen LogP contribution in [-0.2, 0) is 11.3 Å². The largest absolute Gasteiger partial charge is 0.448 e. The van der Waals surface area contributed by atoms with Crippen molar-refractivity contribution in [1.82, 2.24) is 5.32 Å². The summed E-state index contributed by atoms with van der Waals surface area (Å²) in [6, 6.07) is 10.7. The van der Waals surface area contributed by atoms with E-state index < -0.39 is 23.6 Å². The van der Waals surface area contributed by atoms with Gasteiger partial charge in [0.05, 0.1) is 30.6 Å². The Bertz CT molecular complexity index is 947. The van der Waals surface area contributed by atoms with E-state index in [9.17, 15) is 18.7 Å². The van der Waals surface area contributed by atoms with Crippen LogP contribution in [0.1, 0.15) is 31.2 Å². The molecule has 1 fully saturated rings. The summed E-state index contributed by atoms with van der Waals surface area (Å²) >= 11 is 0. The average Bonchev–Trinajstić information content (AvgIpc) is 2.73. The Morgan fingerprint density at radius 3 is 2.76 bits per heavy atom. The fourth-order valence-corrected chi connectivity index (χ4v) is 3.75. The molecule has 0 unspecified atom stereocenters. The molecule has 2 aromatic rings. The van der Waals surface area contributed by atoms with Crippen LogP contribution in [0.4, 0.5) is 14.5 Å². The van der Waals surface area contributed by atoms with Crippen LogP contribution in [-0.4, -0.2) is 23.2 Å². The molecular weight excluding hydrogens is 378 g/mol. The minimum atomic E-state index is -0.919. The number of rotatable bonds is 4. The van der Waals surface area contributed by atoms with E-state index >= 15 is 0 Å². The van der Waals surface area contributed by atoms with Crippen LogP contribution in [0.25, 0.3) is 0 Å². The highest BCUT2D eigenvalue weighted by molar-refractivity contribution is 5.93. The maximum atomic E-state index is 14.2. The van der Waals surface area contributed by atoms with Crippen LogP contribution >= 0.6 is 0 Å². The molecule has 2 atom stereocenters. The van der Waals surface area contributed by atoms with Gasteiger partial charge in [0, 0.05) is 5.56 Å². The molecule has 0 radical (unpaired) electrons. The Morgan fingerprint density at radius 2 is 1.93 bits per heavy atom. The number of anilines is 1. The number of fused-ring (bicyclic) bond motifs is 1. The second-order valence-corrected chi connectivity index (χ2v) is 7.34. The molecule has 5 nitrogen and oxygen atoms in total. The fraction of sp³-hybridized carbons (Fsp3) is 0.318. The van der Waals surface area contributed by atoms with Crippen molar-refractivity contribution in [1.29, 1.82) is 0 Å². The molecule has 29 heavy (non-hydrogen) atoms. The molecular formula is C22H22F2N2O3. The van der Waals surface area contributed by atoms with Gasteiger partial charge in [0.2, 0.25) is 5.76 Å². The summed E-state index contributed by atoms with van der Waals surface area (Å²) in [6.07, 6.45) is 4.13. The average molecular weight is 400 g/mol. The Morgan fingerprint density at radius 1 is 1.14 bits per heavy atom. The van der Waals surface area contributed by atoms with Crippen LogP contribution in [0, 0.1) is 11.6 Å². The van der Waals surface area contributed by atoms with Crippen molar-refractivity contribution in [2.24, 2.45) is 0 Å². The summed E-state index contributed by atoms with van der Waals surface area (Å²) in [5.74, 6) is -1.80. The number of nitrogens with zero attached hydrogens (tertiary/aromatic N) is 1. The quantitative estimate of drug-likeness (QED) is 0.823. The lowest BCUT2D eigenvalue weighted by Crippen LogP contribution is -2.46. The zero-order valence-electron chi connectivity index (χ0n) is 15.8. The van der Waals surface area contributed by atoms with Gasteiger partial charge >= 0.3 is 0 Å². The number of carbonyl (C=O) groups excluding carboxylic acids is 1. The number of carbonyl (C=O) groups is 1. The van der Waals surface area contributed by atoms with Crippen molar-refractivity contribution in [3.63, 3.8) is 0 Å². The maximum Gasteiger partial charge on any atom is 0.288 e. The number of ether oxygens (including phenoxy) is 1. The zero-order valence-corrected chi connectivity index (χ0v) is 15.8. The van der Waals surface area contributed by atoms with Gasteiger partial charge in [-0.1, -0.05) is 37.1 Å². The van der Waals surface area contributed by atoms with E-state index in [2.05, 4.69) is 5.32 Å². The molecule has 1 aliphatic carbocycles. The lowest BCUT2D eigenvalue weighted by Gasteiger charge is -2.31. The number of hydrogen-bond donors (Lipinski definition) is 2. The van der Waals surface area contributed by atoms with Gasteiger partial charge in [-0.25, -0.2) is 8.78 Å². The molecule has 2 aliphatic rings. The minimum absolute atomic E-state index is 0.0345. The SMILES string of the molecule is O=C(N[C@H]1CCCC[C@@H]1O)C1=CN(Cc2cccc(F)c2F)c2ccccc2O1. The first-order valence-electron chi connectivity index (χ1n) is 9.70. The number of aliphatic hydroxyl groups excluding tert-OH is 1. The van der Waals surface area contributed by atoms with Gasteiger partial charge in [0.25, 0.3) is 5.91 Å². The molecule has 0 saturated heterocycles. The normalized spacial score (nSPS) is 21.1. The second kappa shape index (κ2) is 8.21. The second-order valence-electron chi connectivity index (χ2n) is 7.34. The van der Waals surface area contributed by atoms with Gasteiger partial charge in [-0.05, 0) is 31.0 Å². The first-order chi connectivity index (χ1) is 14.0. The van der Waals surface area contributed by atoms with Crippen LogP contribution < -0.4 is 15.0 Å². The predicted molar refractivity (Wildman–Crippen MR) is 104 cm³/mol. The highest BCUT2D eigenvalue weighted by Crippen LogP contribution is 2.35. The van der Waals surface area contributed by atoms with Gasteiger partial charge in [-0.2, -0.15) is 0 Å². The molecule has 2 N–H and O–H groups in total. The first kappa shape index (κ1) is 19.4. The Balaban J connectivity index is 1.59. The lowest BCUT2D eigenvalue weighted by molar-refractivity contribution is -0.121. The summed E-state index contributed by atoms with van der Waals surface area (Å²) in [6.45, 7) is 0.0345. The molecule has 0 bridgehead atoms. The molecule has 152 valence electrons. The van der Waals surface area contributed by atoms with Gasteiger partial charge in [-0.15, -0.1) is 0 Å². The van der Waals surface area contributed by atoms with Crippen LogP contribution in [0.5, 0.6) is 5.75 Å². The van der Waals surface area contributed by atoms with Crippen molar-refractivity contribution in [3.05, 3.63) is 71.6 Å². The third-order valence-corrected chi connectivity index (χ3v) is 5.31. The number of aliphatic hydroxyl groups is 1. The van der Waals surface area contributed by atoms with Crippen LogP contribution in [0.3, 0.4) is 0 Å². The van der Waals surface area contributed by atoms with E-state index in [1.807, 2.05) is 0 Å². The topological polar surface area (TPSA) is 61.8 Å². The number of para-hydroxylation sites is 2. The summed E-state index contributed by atoms with van der Waals surface area (Å²) < 4.78 is 33.5. The number of benzene rings is 2. The predicted octanol–water partition coefficient (Wildman–Crippen LogP) is 3.62. The number of nitrogens with one attached hydrogen (secondary N) is 1. The third-order valence-electron chi connectivity index (χ3n) is 5.31. The van der Waals surface area contributed by atoms with E-state index in [1.165, 1.54) is 18.3 Å². The maximum absolute atomic E-state index is 14.2. The Hall–Kier alpha value is -2.93. The van der Waals surface area contributed by atoms with Gasteiger partial charge < -0.3 is 20.1 Å². The van der Waals surface area contributed by atoms with Crippen molar-refractivity contribution >= 4 is 11.6 Å². The van der Waals surface area contributed by atoms with Gasteiger partial charge in [0.15, 0.2) is 17.4 Å². The standard InChI is InChI=1S/C22H22F2N2O3/c23-15-7-5-6-14(21(15)24)12-26-13-20(29-19-11-4-2-9-17(19)26)22(28)25-16-8-1-3-10-18(16)27/h2,4-7,9,11,13,16,18,27H,1,3,8,10,12H2,(H,25,28)/t16-,18-/m0/s1. The Labute approximate surface area is 167 Å². The lowest BCUT2D eigenvalue weighted by atomic mass is 9.92. The van der Waals surface area contributed by atoms with E-state index in [1.54, 1.807) is 29.2 Å². The summed E-state index contributed by atoms with van der Waals surface area (Å²) in [4.78, 5) is 14.4. The monoisotopic (exact) mass is 400 g/mol. The van der Waals surface area contributed by atoms with E-state index in [4.69, 9.17) is 4.74 Å². The molecule has 0 aromatic heterocycles. The highest BCUT2D eigenvalue weighted by atomic mass is 19.2. The van der Waals surface area contributed by atoms with E-state index in [0.717, 1.165) is 18.9 Å². The summed E-state index contributed by atoms with van der Waals surface area (Å²) in [7, 11) is 0. The van der Waals surface area contributed by atoms with Gasteiger partial charge in [0.1, 0.15) is 0 Å². The van der Waals surface area contributed by atoms with E-state index in [0.29, 0.717) is 24.3 Å². The minimum Gasteiger partial charge on any atom is -0.448 e.